The molecule has 0 unspecified atom stereocenters. The van der Waals surface area contributed by atoms with Gasteiger partial charge in [-0.3, -0.25) is 0 Å². The van der Waals surface area contributed by atoms with E-state index in [0.29, 0.717) is 0 Å². The summed E-state index contributed by atoms with van der Waals surface area (Å²) in [5, 5.41) is 0. The molecule has 0 aliphatic heterocycles. The molecule has 42 valence electrons. The van der Waals surface area contributed by atoms with Gasteiger partial charge < -0.3 is 0 Å². The molecular weight excluding hydrogens is 144 g/mol. The molecule has 0 aromatic rings. The predicted octanol–water partition coefficient (Wildman–Crippen LogP) is 1.43. The fourth-order valence-electron chi connectivity index (χ4n) is 0.193. The quantitative estimate of drug-likeness (QED) is 0.356. The Morgan fingerprint density at radius 3 is 2.57 bits per heavy atom. The summed E-state index contributed by atoms with van der Waals surface area (Å²) >= 11 is 9.63. The van der Waals surface area contributed by atoms with E-state index in [2.05, 4.69) is 31.8 Å². The van der Waals surface area contributed by atoms with E-state index < -0.39 is 0 Å². The number of hydrogen-bond acceptors (Lipinski definition) is 1. The Labute approximate surface area is 59.5 Å². The largest absolute Gasteiger partial charge is 0.286 e. The number of rotatable bonds is 2. The molecule has 0 aromatic heterocycles. The van der Waals surface area contributed by atoms with Gasteiger partial charge in [0.05, 0.1) is 0 Å². The van der Waals surface area contributed by atoms with Gasteiger partial charge in [0.2, 0.25) is 0 Å². The van der Waals surface area contributed by atoms with Crippen LogP contribution in [-0.2, 0) is 12.2 Å². The molecule has 0 N–H and O–H groups in total. The number of hydrogen-bond donors (Lipinski definition) is 1. The van der Waals surface area contributed by atoms with Crippen LogP contribution in [0, 0.1) is 0 Å². The van der Waals surface area contributed by atoms with Gasteiger partial charge in [0.25, 0.3) is 3.53 Å². The highest BCUT2D eigenvalue weighted by atomic mass is 32.2. The van der Waals surface area contributed by atoms with Crippen molar-refractivity contribution in [2.45, 2.75) is 13.3 Å². The van der Waals surface area contributed by atoms with Crippen molar-refractivity contribution in [2.75, 3.05) is 5.75 Å². The predicted molar refractivity (Wildman–Crippen MR) is 45.5 cm³/mol. The van der Waals surface area contributed by atoms with Gasteiger partial charge >= 0.3 is 0 Å². The Morgan fingerprint density at radius 1 is 1.86 bits per heavy atom. The third-order valence-corrected chi connectivity index (χ3v) is 2.08. The Hall–Kier alpha value is 0.790. The lowest BCUT2D eigenvalue weighted by molar-refractivity contribution is 1.11. The van der Waals surface area contributed by atoms with E-state index in [1.54, 1.807) is 11.8 Å². The standard InChI is InChI=1S/C4H8S3/c1-2-3-7-4(5)6/h2-3H2,1H3,(H,5,6)/p+1. The van der Waals surface area contributed by atoms with Crippen molar-refractivity contribution in [1.29, 1.82) is 0 Å². The molecule has 7 heavy (non-hydrogen) atoms. The van der Waals surface area contributed by atoms with Gasteiger partial charge in [-0.2, -0.15) is 0 Å². The van der Waals surface area contributed by atoms with Gasteiger partial charge in [0, 0.05) is 5.75 Å². The lowest BCUT2D eigenvalue weighted by Crippen LogP contribution is -1.77. The summed E-state index contributed by atoms with van der Waals surface area (Å²) in [5.74, 6) is 1.13. The van der Waals surface area contributed by atoms with Gasteiger partial charge in [-0.15, -0.1) is 0 Å². The number of thiol groups is 2. The molecule has 0 rings (SSSR count). The van der Waals surface area contributed by atoms with Crippen LogP contribution in [0.2, 0.25) is 0 Å². The van der Waals surface area contributed by atoms with Crippen LogP contribution in [0.25, 0.3) is 0 Å². The highest BCUT2D eigenvalue weighted by Crippen LogP contribution is 2.05. The minimum absolute atomic E-state index is 0.863. The molecule has 0 atom stereocenters. The Balaban J connectivity index is 2.82. The van der Waals surface area contributed by atoms with Crippen molar-refractivity contribution in [3.05, 3.63) is 0 Å². The van der Waals surface area contributed by atoms with E-state index >= 15 is 0 Å². The Morgan fingerprint density at radius 2 is 2.43 bits per heavy atom. The average Bonchev–Trinajstić information content (AvgIpc) is 1.61. The van der Waals surface area contributed by atoms with Crippen LogP contribution < -0.4 is 0 Å². The van der Waals surface area contributed by atoms with Crippen molar-refractivity contribution in [2.24, 2.45) is 0 Å². The summed E-state index contributed by atoms with van der Waals surface area (Å²) in [6.07, 6.45) is 1.19. The highest BCUT2D eigenvalue weighted by molar-refractivity contribution is 8.39. The lowest BCUT2D eigenvalue weighted by atomic mass is 10.6. The minimum Gasteiger partial charge on any atom is -0.0751 e. The van der Waals surface area contributed by atoms with Crippen molar-refractivity contribution in [3.63, 3.8) is 0 Å². The van der Waals surface area contributed by atoms with Gasteiger partial charge in [0.1, 0.15) is 0 Å². The van der Waals surface area contributed by atoms with Crippen molar-refractivity contribution in [1.82, 2.24) is 0 Å². The second-order valence-electron chi connectivity index (χ2n) is 1.13. The summed E-state index contributed by atoms with van der Waals surface area (Å²) in [6.45, 7) is 2.14. The molecule has 0 aliphatic rings. The first-order valence-corrected chi connectivity index (χ1v) is 4.03. The van der Waals surface area contributed by atoms with Gasteiger partial charge in [-0.05, 0) is 6.42 Å². The molecule has 0 aliphatic carbocycles. The molecule has 0 bridgehead atoms. The molecular formula is C4H9S3+. The zero-order valence-electron chi connectivity index (χ0n) is 4.22. The van der Waals surface area contributed by atoms with E-state index in [-0.39, 0.29) is 0 Å². The van der Waals surface area contributed by atoms with Crippen LogP contribution >= 0.6 is 24.4 Å². The Bertz CT molecular complexity index is 60.0. The first kappa shape index (κ1) is 7.79. The van der Waals surface area contributed by atoms with Crippen LogP contribution in [0.5, 0.6) is 0 Å². The average molecular weight is 153 g/mol. The summed E-state index contributed by atoms with van der Waals surface area (Å²) in [5.41, 5.74) is 0. The molecule has 0 amide bonds. The van der Waals surface area contributed by atoms with Crippen LogP contribution in [0.3, 0.4) is 0 Å². The molecule has 0 saturated carbocycles. The third kappa shape index (κ3) is 6.79. The summed E-state index contributed by atoms with van der Waals surface area (Å²) in [6, 6.07) is 0. The van der Waals surface area contributed by atoms with Gasteiger partial charge in [0.15, 0.2) is 12.2 Å². The minimum atomic E-state index is 0.863. The molecule has 0 heterocycles. The fourth-order valence-corrected chi connectivity index (χ4v) is 1.13. The topological polar surface area (TPSA) is 0 Å². The number of thioether (sulfide) groups is 1. The maximum Gasteiger partial charge on any atom is 0.286 e. The van der Waals surface area contributed by atoms with E-state index in [0.717, 1.165) is 9.28 Å². The molecule has 0 saturated heterocycles. The third-order valence-electron chi connectivity index (χ3n) is 0.435. The highest BCUT2D eigenvalue weighted by Gasteiger charge is 1.93. The SMILES string of the molecule is CCCSC(S)=[SH+]. The van der Waals surface area contributed by atoms with Crippen LogP contribution in [-0.4, -0.2) is 9.28 Å². The summed E-state index contributed by atoms with van der Waals surface area (Å²) in [7, 11) is 0. The van der Waals surface area contributed by atoms with Crippen molar-refractivity contribution in [3.8, 4) is 0 Å². The maximum absolute atomic E-state index is 3.98. The Kier molecular flexibility index (Phi) is 5.49. The van der Waals surface area contributed by atoms with Crippen LogP contribution in [0.1, 0.15) is 13.3 Å². The zero-order chi connectivity index (χ0) is 5.70. The van der Waals surface area contributed by atoms with E-state index in [4.69, 9.17) is 0 Å². The smallest absolute Gasteiger partial charge is 0.0751 e. The summed E-state index contributed by atoms with van der Waals surface area (Å²) < 4.78 is 0.863. The van der Waals surface area contributed by atoms with Crippen LogP contribution in [0.4, 0.5) is 0 Å². The normalized spacial score (nSPS) is 8.86. The molecule has 0 fully saturated rings. The maximum atomic E-state index is 3.98. The van der Waals surface area contributed by atoms with Gasteiger partial charge in [-0.1, -0.05) is 31.3 Å². The van der Waals surface area contributed by atoms with E-state index in [9.17, 15) is 0 Å². The second kappa shape index (κ2) is 4.94. The molecule has 0 spiro atoms. The van der Waals surface area contributed by atoms with Gasteiger partial charge in [-0.25, -0.2) is 0 Å². The monoisotopic (exact) mass is 153 g/mol. The second-order valence-corrected chi connectivity index (χ2v) is 4.09. The van der Waals surface area contributed by atoms with E-state index in [1.165, 1.54) is 6.42 Å². The van der Waals surface area contributed by atoms with E-state index in [1.807, 2.05) is 0 Å². The first-order chi connectivity index (χ1) is 3.27. The zero-order valence-corrected chi connectivity index (χ0v) is 6.82. The molecule has 0 radical (unpaired) electrons. The molecule has 0 aromatic carbocycles. The van der Waals surface area contributed by atoms with Crippen molar-refractivity contribution >= 4 is 40.1 Å². The lowest BCUT2D eigenvalue weighted by Gasteiger charge is -1.83. The van der Waals surface area contributed by atoms with Crippen molar-refractivity contribution < 1.29 is 0 Å². The first-order valence-electron chi connectivity index (χ1n) is 2.15. The molecule has 0 nitrogen and oxygen atoms in total. The fraction of sp³-hybridized carbons (Fsp3) is 0.750. The van der Waals surface area contributed by atoms with Crippen LogP contribution in [0.15, 0.2) is 0 Å². The molecule has 3 heteroatoms. The summed E-state index contributed by atoms with van der Waals surface area (Å²) in [4.78, 5) is 0.